The van der Waals surface area contributed by atoms with Crippen LogP contribution in [0, 0.1) is 5.41 Å². The van der Waals surface area contributed by atoms with E-state index in [2.05, 4.69) is 40.2 Å². The second kappa shape index (κ2) is 3.08. The minimum Gasteiger partial charge on any atom is -0.330 e. The number of halogens is 1. The van der Waals surface area contributed by atoms with Crippen molar-refractivity contribution in [3.8, 4) is 0 Å². The molecule has 2 fully saturated rings. The molecule has 2 aliphatic carbocycles. The van der Waals surface area contributed by atoms with Crippen molar-refractivity contribution in [2.75, 3.05) is 6.54 Å². The summed E-state index contributed by atoms with van der Waals surface area (Å²) >= 11 is 3.49. The van der Waals surface area contributed by atoms with Crippen molar-refractivity contribution in [1.82, 2.24) is 0 Å². The molecule has 0 aliphatic heterocycles. The molecule has 1 aromatic rings. The summed E-state index contributed by atoms with van der Waals surface area (Å²) in [7, 11) is 0. The van der Waals surface area contributed by atoms with Crippen LogP contribution in [0.3, 0.4) is 0 Å². The molecule has 0 bridgehead atoms. The third-order valence-electron chi connectivity index (χ3n) is 4.41. The Labute approximate surface area is 99.2 Å². The molecule has 0 aromatic heterocycles. The zero-order chi connectivity index (χ0) is 10.5. The Bertz CT molecular complexity index is 374. The Morgan fingerprint density at radius 1 is 1.07 bits per heavy atom. The average Bonchev–Trinajstić information content (AvgIpc) is 3.13. The fraction of sp³-hybridized carbons (Fsp3) is 0.538. The van der Waals surface area contributed by atoms with E-state index in [9.17, 15) is 0 Å². The fourth-order valence-electron chi connectivity index (χ4n) is 3.05. The molecule has 80 valence electrons. The molecule has 0 radical (unpaired) electrons. The molecule has 15 heavy (non-hydrogen) atoms. The van der Waals surface area contributed by atoms with Gasteiger partial charge in [-0.25, -0.2) is 0 Å². The summed E-state index contributed by atoms with van der Waals surface area (Å²) in [4.78, 5) is 0. The van der Waals surface area contributed by atoms with Gasteiger partial charge >= 0.3 is 0 Å². The van der Waals surface area contributed by atoms with Gasteiger partial charge in [0.05, 0.1) is 0 Å². The van der Waals surface area contributed by atoms with Crippen LogP contribution < -0.4 is 5.73 Å². The van der Waals surface area contributed by atoms with E-state index in [1.165, 1.54) is 35.7 Å². The number of benzene rings is 1. The van der Waals surface area contributed by atoms with Crippen LogP contribution in [-0.4, -0.2) is 6.54 Å². The number of hydrogen-bond donors (Lipinski definition) is 1. The molecule has 1 nitrogen and oxygen atoms in total. The standard InChI is InChI=1S/C13H16BrN/c14-11-3-1-10(2-4-11)13(7-8-13)12(9-15)5-6-12/h1-4H,5-9,15H2. The summed E-state index contributed by atoms with van der Waals surface area (Å²) in [6.07, 6.45) is 5.34. The summed E-state index contributed by atoms with van der Waals surface area (Å²) < 4.78 is 1.17. The molecule has 0 atom stereocenters. The molecule has 3 rings (SSSR count). The summed E-state index contributed by atoms with van der Waals surface area (Å²) in [5, 5.41) is 0. The van der Waals surface area contributed by atoms with Gasteiger partial charge in [0.2, 0.25) is 0 Å². The first-order chi connectivity index (χ1) is 7.22. The predicted octanol–water partition coefficient (Wildman–Crippen LogP) is 3.22. The molecular weight excluding hydrogens is 250 g/mol. The lowest BCUT2D eigenvalue weighted by Crippen LogP contribution is -2.29. The number of rotatable bonds is 3. The van der Waals surface area contributed by atoms with Crippen molar-refractivity contribution in [1.29, 1.82) is 0 Å². The molecule has 1 aromatic carbocycles. The molecule has 2 saturated carbocycles. The molecule has 2 N–H and O–H groups in total. The first-order valence-corrected chi connectivity index (χ1v) is 6.48. The van der Waals surface area contributed by atoms with E-state index in [1.807, 2.05) is 0 Å². The summed E-state index contributed by atoms with van der Waals surface area (Å²) in [6.45, 7) is 0.864. The van der Waals surface area contributed by atoms with Crippen LogP contribution in [0.4, 0.5) is 0 Å². The fourth-order valence-corrected chi connectivity index (χ4v) is 3.31. The minimum atomic E-state index is 0.447. The van der Waals surface area contributed by atoms with Crippen molar-refractivity contribution < 1.29 is 0 Å². The van der Waals surface area contributed by atoms with Crippen LogP contribution >= 0.6 is 15.9 Å². The Morgan fingerprint density at radius 2 is 1.67 bits per heavy atom. The molecule has 0 heterocycles. The van der Waals surface area contributed by atoms with Gasteiger partial charge in [-0.2, -0.15) is 0 Å². The third kappa shape index (κ3) is 1.31. The zero-order valence-electron chi connectivity index (χ0n) is 8.80. The normalized spacial score (nSPS) is 24.9. The van der Waals surface area contributed by atoms with Gasteiger partial charge in [0.15, 0.2) is 0 Å². The Morgan fingerprint density at radius 3 is 2.07 bits per heavy atom. The molecule has 0 spiro atoms. The average molecular weight is 266 g/mol. The maximum absolute atomic E-state index is 5.95. The maximum atomic E-state index is 5.95. The Hall–Kier alpha value is -0.340. The van der Waals surface area contributed by atoms with Gasteiger partial charge in [0.25, 0.3) is 0 Å². The molecule has 0 amide bonds. The topological polar surface area (TPSA) is 26.0 Å². The Balaban J connectivity index is 1.97. The van der Waals surface area contributed by atoms with Gasteiger partial charge in [-0.15, -0.1) is 0 Å². The van der Waals surface area contributed by atoms with E-state index in [4.69, 9.17) is 5.73 Å². The van der Waals surface area contributed by atoms with E-state index < -0.39 is 0 Å². The summed E-state index contributed by atoms with van der Waals surface area (Å²) in [5.41, 5.74) is 8.37. The van der Waals surface area contributed by atoms with Crippen molar-refractivity contribution in [3.63, 3.8) is 0 Å². The highest BCUT2D eigenvalue weighted by atomic mass is 79.9. The number of hydrogen-bond acceptors (Lipinski definition) is 1. The molecular formula is C13H16BrN. The highest BCUT2D eigenvalue weighted by Crippen LogP contribution is 2.70. The van der Waals surface area contributed by atoms with Crippen LogP contribution in [0.25, 0.3) is 0 Å². The molecule has 2 aliphatic rings. The molecule has 2 heteroatoms. The summed E-state index contributed by atoms with van der Waals surface area (Å²) in [6, 6.07) is 8.85. The second-order valence-electron chi connectivity index (χ2n) is 5.07. The minimum absolute atomic E-state index is 0.447. The van der Waals surface area contributed by atoms with Crippen LogP contribution in [0.1, 0.15) is 31.2 Å². The largest absolute Gasteiger partial charge is 0.330 e. The molecule has 0 saturated heterocycles. The second-order valence-corrected chi connectivity index (χ2v) is 5.99. The van der Waals surface area contributed by atoms with Gasteiger partial charge in [0, 0.05) is 9.89 Å². The lowest BCUT2D eigenvalue weighted by atomic mass is 9.80. The first-order valence-electron chi connectivity index (χ1n) is 5.69. The van der Waals surface area contributed by atoms with Crippen molar-refractivity contribution >= 4 is 15.9 Å². The highest BCUT2D eigenvalue weighted by molar-refractivity contribution is 9.10. The quantitative estimate of drug-likeness (QED) is 0.893. The lowest BCUT2D eigenvalue weighted by Gasteiger charge is -2.26. The van der Waals surface area contributed by atoms with Gasteiger partial charge in [-0.1, -0.05) is 28.1 Å². The maximum Gasteiger partial charge on any atom is 0.0175 e. The van der Waals surface area contributed by atoms with E-state index in [0.717, 1.165) is 6.54 Å². The van der Waals surface area contributed by atoms with Crippen LogP contribution in [0.2, 0.25) is 0 Å². The molecule has 0 unspecified atom stereocenters. The Kier molecular flexibility index (Phi) is 2.02. The third-order valence-corrected chi connectivity index (χ3v) is 4.93. The van der Waals surface area contributed by atoms with Gasteiger partial charge in [-0.3, -0.25) is 0 Å². The van der Waals surface area contributed by atoms with Gasteiger partial charge in [-0.05, 0) is 55.3 Å². The summed E-state index contributed by atoms with van der Waals surface area (Å²) in [5.74, 6) is 0. The SMILES string of the molecule is NCC1(C2(c3ccc(Br)cc3)CC2)CC1. The van der Waals surface area contributed by atoms with E-state index in [0.29, 0.717) is 10.8 Å². The van der Waals surface area contributed by atoms with Crippen LogP contribution in [0.15, 0.2) is 28.7 Å². The monoisotopic (exact) mass is 265 g/mol. The smallest absolute Gasteiger partial charge is 0.0175 e. The first kappa shape index (κ1) is 9.86. The van der Waals surface area contributed by atoms with Gasteiger partial charge in [0.1, 0.15) is 0 Å². The van der Waals surface area contributed by atoms with Crippen LogP contribution in [0.5, 0.6) is 0 Å². The van der Waals surface area contributed by atoms with Crippen molar-refractivity contribution in [2.24, 2.45) is 11.1 Å². The van der Waals surface area contributed by atoms with Crippen molar-refractivity contribution in [2.45, 2.75) is 31.1 Å². The van der Waals surface area contributed by atoms with E-state index >= 15 is 0 Å². The van der Waals surface area contributed by atoms with E-state index in [1.54, 1.807) is 0 Å². The number of nitrogens with two attached hydrogens (primary N) is 1. The lowest BCUT2D eigenvalue weighted by molar-refractivity contribution is 0.389. The van der Waals surface area contributed by atoms with E-state index in [-0.39, 0.29) is 0 Å². The highest BCUT2D eigenvalue weighted by Gasteiger charge is 2.64. The van der Waals surface area contributed by atoms with Crippen molar-refractivity contribution in [3.05, 3.63) is 34.3 Å². The zero-order valence-corrected chi connectivity index (χ0v) is 10.4. The predicted molar refractivity (Wildman–Crippen MR) is 65.8 cm³/mol. The van der Waals surface area contributed by atoms with Crippen LogP contribution in [-0.2, 0) is 5.41 Å². The van der Waals surface area contributed by atoms with Gasteiger partial charge < -0.3 is 5.73 Å².